The van der Waals surface area contributed by atoms with Crippen LogP contribution in [0.4, 0.5) is 4.39 Å². The Kier molecular flexibility index (Phi) is 11.1. The minimum atomic E-state index is -0.204. The fourth-order valence-corrected chi connectivity index (χ4v) is 5.84. The van der Waals surface area contributed by atoms with Crippen molar-refractivity contribution in [2.75, 3.05) is 6.61 Å². The van der Waals surface area contributed by atoms with E-state index in [1.165, 1.54) is 77.0 Å². The zero-order chi connectivity index (χ0) is 22.6. The summed E-state index contributed by atoms with van der Waals surface area (Å²) in [5, 5.41) is 0. The maximum Gasteiger partial charge on any atom is 0.165 e. The summed E-state index contributed by atoms with van der Waals surface area (Å²) in [6.07, 6.45) is 23.1. The van der Waals surface area contributed by atoms with Gasteiger partial charge in [0.05, 0.1) is 6.61 Å². The molecule has 1 unspecified atom stereocenters. The predicted octanol–water partition coefficient (Wildman–Crippen LogP) is 9.44. The highest BCUT2D eigenvalue weighted by atomic mass is 19.1. The zero-order valence-electron chi connectivity index (χ0n) is 20.8. The number of rotatable bonds is 13. The molecule has 1 saturated carbocycles. The van der Waals surface area contributed by atoms with Gasteiger partial charge < -0.3 is 4.74 Å². The van der Waals surface area contributed by atoms with Crippen molar-refractivity contribution >= 4 is 0 Å². The van der Waals surface area contributed by atoms with Crippen molar-refractivity contribution in [2.45, 2.75) is 117 Å². The number of allylic oxidation sites excluding steroid dienone is 2. The summed E-state index contributed by atoms with van der Waals surface area (Å²) >= 11 is 0. The average Bonchev–Trinajstić information content (AvgIpc) is 2.83. The van der Waals surface area contributed by atoms with Crippen LogP contribution in [-0.2, 0) is 6.42 Å². The molecule has 0 radical (unpaired) electrons. The molecule has 0 N–H and O–H groups in total. The van der Waals surface area contributed by atoms with E-state index < -0.39 is 0 Å². The SMILES string of the molecule is CCCCCCOc1ccc(CCC2=CCC([C@H]3CC[C@H](CCCC)CC3)CC2)cc1F. The molecule has 0 amide bonds. The summed E-state index contributed by atoms with van der Waals surface area (Å²) in [6.45, 7) is 5.12. The van der Waals surface area contributed by atoms with Crippen LogP contribution in [0, 0.1) is 23.6 Å². The summed E-state index contributed by atoms with van der Waals surface area (Å²) in [7, 11) is 0. The van der Waals surface area contributed by atoms with Gasteiger partial charge in [-0.2, -0.15) is 0 Å². The van der Waals surface area contributed by atoms with E-state index in [-0.39, 0.29) is 5.82 Å². The molecule has 180 valence electrons. The van der Waals surface area contributed by atoms with Crippen LogP contribution in [-0.4, -0.2) is 6.61 Å². The third-order valence-corrected chi connectivity index (χ3v) is 8.06. The maximum atomic E-state index is 14.4. The van der Waals surface area contributed by atoms with Crippen molar-refractivity contribution in [3.05, 3.63) is 41.2 Å². The molecule has 0 aliphatic heterocycles. The van der Waals surface area contributed by atoms with Gasteiger partial charge in [-0.15, -0.1) is 0 Å². The Morgan fingerprint density at radius 3 is 2.38 bits per heavy atom. The number of aryl methyl sites for hydroxylation is 1. The first-order valence-corrected chi connectivity index (χ1v) is 13.8. The monoisotopic (exact) mass is 442 g/mol. The topological polar surface area (TPSA) is 9.23 Å². The first-order chi connectivity index (χ1) is 15.7. The highest BCUT2D eigenvalue weighted by Crippen LogP contribution is 2.41. The molecular formula is C30H47FO. The lowest BCUT2D eigenvalue weighted by Crippen LogP contribution is -2.23. The highest BCUT2D eigenvalue weighted by molar-refractivity contribution is 5.30. The number of hydrogen-bond donors (Lipinski definition) is 0. The quantitative estimate of drug-likeness (QED) is 0.218. The second-order valence-electron chi connectivity index (χ2n) is 10.5. The molecule has 2 aliphatic carbocycles. The van der Waals surface area contributed by atoms with Crippen LogP contribution in [0.15, 0.2) is 29.8 Å². The summed E-state index contributed by atoms with van der Waals surface area (Å²) in [5.41, 5.74) is 2.68. The van der Waals surface area contributed by atoms with E-state index in [0.29, 0.717) is 12.4 Å². The fraction of sp³-hybridized carbons (Fsp3) is 0.733. The van der Waals surface area contributed by atoms with Crippen molar-refractivity contribution in [3.8, 4) is 5.75 Å². The molecule has 1 aromatic rings. The fourth-order valence-electron chi connectivity index (χ4n) is 5.84. The van der Waals surface area contributed by atoms with Crippen LogP contribution in [0.3, 0.4) is 0 Å². The minimum absolute atomic E-state index is 0.204. The molecular weight excluding hydrogens is 395 g/mol. The van der Waals surface area contributed by atoms with Gasteiger partial charge in [0.25, 0.3) is 0 Å². The highest BCUT2D eigenvalue weighted by Gasteiger charge is 2.28. The number of ether oxygens (including phenoxy) is 1. The Hall–Kier alpha value is -1.31. The van der Waals surface area contributed by atoms with Gasteiger partial charge in [0, 0.05) is 0 Å². The van der Waals surface area contributed by atoms with Crippen LogP contribution < -0.4 is 4.74 Å². The summed E-state index contributed by atoms with van der Waals surface area (Å²) < 4.78 is 20.0. The van der Waals surface area contributed by atoms with Crippen molar-refractivity contribution in [1.82, 2.24) is 0 Å². The molecule has 0 saturated heterocycles. The molecule has 32 heavy (non-hydrogen) atoms. The first-order valence-electron chi connectivity index (χ1n) is 13.8. The molecule has 0 spiro atoms. The Balaban J connectivity index is 1.37. The van der Waals surface area contributed by atoms with Gasteiger partial charge in [0.2, 0.25) is 0 Å². The largest absolute Gasteiger partial charge is 0.491 e. The number of halogens is 1. The first kappa shape index (κ1) is 25.3. The average molecular weight is 443 g/mol. The van der Waals surface area contributed by atoms with E-state index in [0.717, 1.165) is 49.0 Å². The van der Waals surface area contributed by atoms with E-state index in [4.69, 9.17) is 4.74 Å². The molecule has 3 rings (SSSR count). The van der Waals surface area contributed by atoms with Crippen molar-refractivity contribution in [3.63, 3.8) is 0 Å². The van der Waals surface area contributed by atoms with Crippen molar-refractivity contribution in [2.24, 2.45) is 17.8 Å². The number of hydrogen-bond acceptors (Lipinski definition) is 1. The van der Waals surface area contributed by atoms with Gasteiger partial charge in [0.15, 0.2) is 11.6 Å². The third-order valence-electron chi connectivity index (χ3n) is 8.06. The van der Waals surface area contributed by atoms with Crippen molar-refractivity contribution in [1.29, 1.82) is 0 Å². The standard InChI is InChI=1S/C30H47FO/c1-3-5-7-8-22-32-30-21-16-26(23-29(30)31)11-10-25-14-19-28(20-15-25)27-17-12-24(13-18-27)9-6-4-2/h14,16,21,23-24,27-28H,3-13,15,17-20,22H2,1-2H3/t24-,27-,28?. The zero-order valence-corrected chi connectivity index (χ0v) is 20.8. The Bertz CT molecular complexity index is 686. The molecule has 2 aliphatic rings. The predicted molar refractivity (Wildman–Crippen MR) is 135 cm³/mol. The molecule has 1 nitrogen and oxygen atoms in total. The van der Waals surface area contributed by atoms with Gasteiger partial charge in [-0.3, -0.25) is 0 Å². The normalized spacial score (nSPS) is 23.7. The summed E-state index contributed by atoms with van der Waals surface area (Å²) in [6, 6.07) is 5.56. The van der Waals surface area contributed by atoms with Crippen LogP contribution in [0.25, 0.3) is 0 Å². The second kappa shape index (κ2) is 14.1. The van der Waals surface area contributed by atoms with Gasteiger partial charge in [0.1, 0.15) is 0 Å². The van der Waals surface area contributed by atoms with E-state index in [2.05, 4.69) is 19.9 Å². The Morgan fingerprint density at radius 1 is 0.875 bits per heavy atom. The van der Waals surface area contributed by atoms with Crippen LogP contribution in [0.1, 0.15) is 116 Å². The lowest BCUT2D eigenvalue weighted by Gasteiger charge is -2.35. The van der Waals surface area contributed by atoms with Gasteiger partial charge in [-0.05, 0) is 86.8 Å². The maximum absolute atomic E-state index is 14.4. The molecule has 1 fully saturated rings. The number of benzene rings is 1. The van der Waals surface area contributed by atoms with E-state index >= 15 is 0 Å². The van der Waals surface area contributed by atoms with E-state index in [1.807, 2.05) is 12.1 Å². The van der Waals surface area contributed by atoms with Crippen LogP contribution in [0.2, 0.25) is 0 Å². The smallest absolute Gasteiger partial charge is 0.165 e. The molecule has 0 aromatic heterocycles. The van der Waals surface area contributed by atoms with Gasteiger partial charge in [-0.25, -0.2) is 4.39 Å². The Labute approximate surface area is 197 Å². The second-order valence-corrected chi connectivity index (χ2v) is 10.5. The van der Waals surface area contributed by atoms with Crippen molar-refractivity contribution < 1.29 is 9.13 Å². The van der Waals surface area contributed by atoms with E-state index in [1.54, 1.807) is 11.6 Å². The summed E-state index contributed by atoms with van der Waals surface area (Å²) in [5.74, 6) is 3.10. The van der Waals surface area contributed by atoms with E-state index in [9.17, 15) is 4.39 Å². The van der Waals surface area contributed by atoms with Crippen LogP contribution >= 0.6 is 0 Å². The molecule has 1 atom stereocenters. The molecule has 0 bridgehead atoms. The molecule has 0 heterocycles. The number of unbranched alkanes of at least 4 members (excludes halogenated alkanes) is 4. The van der Waals surface area contributed by atoms with Crippen LogP contribution in [0.5, 0.6) is 5.75 Å². The van der Waals surface area contributed by atoms with Gasteiger partial charge >= 0.3 is 0 Å². The minimum Gasteiger partial charge on any atom is -0.491 e. The Morgan fingerprint density at radius 2 is 1.69 bits per heavy atom. The van der Waals surface area contributed by atoms with Gasteiger partial charge in [-0.1, -0.05) is 82.9 Å². The molecule has 2 heteroatoms. The lowest BCUT2D eigenvalue weighted by molar-refractivity contribution is 0.185. The lowest BCUT2D eigenvalue weighted by atomic mass is 9.70. The third kappa shape index (κ3) is 8.23. The summed E-state index contributed by atoms with van der Waals surface area (Å²) in [4.78, 5) is 0. The molecule has 1 aromatic carbocycles.